The summed E-state index contributed by atoms with van der Waals surface area (Å²) in [5.41, 5.74) is 6.82. The molecule has 0 aliphatic carbocycles. The highest BCUT2D eigenvalue weighted by molar-refractivity contribution is 5.94. The average Bonchev–Trinajstić information content (AvgIpc) is 2.63. The third kappa shape index (κ3) is 4.02. The monoisotopic (exact) mass is 327 g/mol. The molecule has 1 aliphatic rings. The number of morpholine rings is 1. The van der Waals surface area contributed by atoms with E-state index in [0.29, 0.717) is 25.6 Å². The second kappa shape index (κ2) is 7.79. The van der Waals surface area contributed by atoms with Crippen LogP contribution in [0.25, 0.3) is 0 Å². The van der Waals surface area contributed by atoms with Crippen LogP contribution in [-0.2, 0) is 11.2 Å². The first-order valence-electron chi connectivity index (χ1n) is 8.04. The van der Waals surface area contributed by atoms with E-state index in [1.165, 1.54) is 5.56 Å². The minimum Gasteiger partial charge on any atom is -0.491 e. The first-order valence-corrected chi connectivity index (χ1v) is 8.04. The lowest BCUT2D eigenvalue weighted by Gasteiger charge is -2.28. The Morgan fingerprint density at radius 1 is 1.17 bits per heavy atom. The summed E-state index contributed by atoms with van der Waals surface area (Å²) < 4.78 is 11.1. The Morgan fingerprint density at radius 3 is 2.62 bits per heavy atom. The van der Waals surface area contributed by atoms with E-state index in [-0.39, 0.29) is 5.69 Å². The van der Waals surface area contributed by atoms with Gasteiger partial charge in [0, 0.05) is 19.5 Å². The number of carbonyl (C=O) groups is 1. The number of benzene rings is 1. The Bertz CT molecular complexity index is 685. The molecule has 3 rings (SSSR count). The molecule has 6 nitrogen and oxygen atoms in total. The van der Waals surface area contributed by atoms with Crippen molar-refractivity contribution in [1.29, 1.82) is 0 Å². The third-order valence-corrected chi connectivity index (χ3v) is 3.90. The summed E-state index contributed by atoms with van der Waals surface area (Å²) in [6, 6.07) is 13.7. The van der Waals surface area contributed by atoms with Crippen LogP contribution < -0.4 is 15.4 Å². The Balaban J connectivity index is 1.69. The van der Waals surface area contributed by atoms with Crippen LogP contribution in [0.4, 0.5) is 5.82 Å². The van der Waals surface area contributed by atoms with E-state index >= 15 is 0 Å². The van der Waals surface area contributed by atoms with Gasteiger partial charge in [-0.15, -0.1) is 0 Å². The van der Waals surface area contributed by atoms with E-state index in [0.717, 1.165) is 25.3 Å². The lowest BCUT2D eigenvalue weighted by atomic mass is 10.2. The van der Waals surface area contributed by atoms with Gasteiger partial charge < -0.3 is 20.1 Å². The number of aromatic nitrogens is 1. The summed E-state index contributed by atoms with van der Waals surface area (Å²) >= 11 is 0. The Hall–Kier alpha value is -2.60. The van der Waals surface area contributed by atoms with E-state index in [1.54, 1.807) is 6.07 Å². The van der Waals surface area contributed by atoms with E-state index in [9.17, 15) is 4.79 Å². The number of carbonyl (C=O) groups excluding carboxylic acids is 1. The molecule has 0 bridgehead atoms. The zero-order chi connectivity index (χ0) is 16.8. The number of hydrogen-bond acceptors (Lipinski definition) is 5. The molecule has 2 aromatic rings. The number of primary amides is 1. The summed E-state index contributed by atoms with van der Waals surface area (Å²) in [5.74, 6) is 0.567. The fourth-order valence-corrected chi connectivity index (χ4v) is 2.62. The fourth-order valence-electron chi connectivity index (χ4n) is 2.62. The van der Waals surface area contributed by atoms with Gasteiger partial charge in [0.15, 0.2) is 11.4 Å². The maximum Gasteiger partial charge on any atom is 0.271 e. The Labute approximate surface area is 141 Å². The number of rotatable bonds is 6. The smallest absolute Gasteiger partial charge is 0.271 e. The molecule has 1 aromatic carbocycles. The Kier molecular flexibility index (Phi) is 5.28. The molecule has 24 heavy (non-hydrogen) atoms. The maximum absolute atomic E-state index is 11.7. The molecule has 1 aromatic heterocycles. The number of pyridine rings is 1. The normalized spacial score (nSPS) is 14.4. The predicted molar refractivity (Wildman–Crippen MR) is 91.4 cm³/mol. The zero-order valence-electron chi connectivity index (χ0n) is 13.5. The van der Waals surface area contributed by atoms with Crippen LogP contribution in [0.15, 0.2) is 42.5 Å². The topological polar surface area (TPSA) is 77.7 Å². The lowest BCUT2D eigenvalue weighted by molar-refractivity contribution is 0.0991. The van der Waals surface area contributed by atoms with Crippen LogP contribution in [0.5, 0.6) is 5.75 Å². The van der Waals surface area contributed by atoms with Crippen molar-refractivity contribution >= 4 is 11.7 Å². The molecule has 0 spiro atoms. The molecule has 0 unspecified atom stereocenters. The molecule has 1 amide bonds. The van der Waals surface area contributed by atoms with Crippen molar-refractivity contribution in [3.8, 4) is 5.75 Å². The highest BCUT2D eigenvalue weighted by atomic mass is 16.5. The minimum absolute atomic E-state index is 0.173. The molecular formula is C18H21N3O3. The van der Waals surface area contributed by atoms with E-state index in [4.69, 9.17) is 15.2 Å². The van der Waals surface area contributed by atoms with E-state index in [2.05, 4.69) is 9.88 Å². The molecule has 2 heterocycles. The van der Waals surface area contributed by atoms with Crippen molar-refractivity contribution in [1.82, 2.24) is 4.98 Å². The summed E-state index contributed by atoms with van der Waals surface area (Å²) in [7, 11) is 0. The first kappa shape index (κ1) is 16.3. The molecule has 1 saturated heterocycles. The van der Waals surface area contributed by atoms with Crippen molar-refractivity contribution in [3.05, 3.63) is 53.7 Å². The second-order valence-electron chi connectivity index (χ2n) is 5.56. The molecule has 126 valence electrons. The number of hydrogen-bond donors (Lipinski definition) is 1. The molecule has 1 aliphatic heterocycles. The fraction of sp³-hybridized carbons (Fsp3) is 0.333. The Morgan fingerprint density at radius 2 is 1.92 bits per heavy atom. The predicted octanol–water partition coefficient (Wildman–Crippen LogP) is 1.64. The number of nitrogens with two attached hydrogens (primary N) is 1. The second-order valence-corrected chi connectivity index (χ2v) is 5.56. The molecule has 0 atom stereocenters. The zero-order valence-corrected chi connectivity index (χ0v) is 13.5. The van der Waals surface area contributed by atoms with Crippen molar-refractivity contribution < 1.29 is 14.3 Å². The van der Waals surface area contributed by atoms with Gasteiger partial charge in [-0.1, -0.05) is 30.3 Å². The summed E-state index contributed by atoms with van der Waals surface area (Å²) in [6.45, 7) is 3.27. The maximum atomic E-state index is 11.7. The highest BCUT2D eigenvalue weighted by Crippen LogP contribution is 2.22. The van der Waals surface area contributed by atoms with Crippen molar-refractivity contribution in [3.63, 3.8) is 0 Å². The molecule has 0 radical (unpaired) electrons. The average molecular weight is 327 g/mol. The van der Waals surface area contributed by atoms with Gasteiger partial charge in [0.1, 0.15) is 5.82 Å². The van der Waals surface area contributed by atoms with Gasteiger partial charge in [0.05, 0.1) is 19.8 Å². The first-order chi connectivity index (χ1) is 11.7. The van der Waals surface area contributed by atoms with Gasteiger partial charge in [-0.3, -0.25) is 4.79 Å². The van der Waals surface area contributed by atoms with Crippen molar-refractivity contribution in [2.75, 3.05) is 37.8 Å². The molecule has 0 saturated carbocycles. The molecular weight excluding hydrogens is 306 g/mol. The summed E-state index contributed by atoms with van der Waals surface area (Å²) in [4.78, 5) is 18.2. The summed E-state index contributed by atoms with van der Waals surface area (Å²) in [6.07, 6.45) is 0.754. The summed E-state index contributed by atoms with van der Waals surface area (Å²) in [5, 5.41) is 0. The van der Waals surface area contributed by atoms with E-state index < -0.39 is 5.91 Å². The van der Waals surface area contributed by atoms with E-state index in [1.807, 2.05) is 36.4 Å². The van der Waals surface area contributed by atoms with Gasteiger partial charge in [-0.25, -0.2) is 4.98 Å². The molecule has 2 N–H and O–H groups in total. The van der Waals surface area contributed by atoms with Gasteiger partial charge in [0.25, 0.3) is 5.91 Å². The van der Waals surface area contributed by atoms with Crippen LogP contribution in [0.1, 0.15) is 16.1 Å². The van der Waals surface area contributed by atoms with Crippen LogP contribution in [-0.4, -0.2) is 43.8 Å². The van der Waals surface area contributed by atoms with Crippen LogP contribution >= 0.6 is 0 Å². The number of ether oxygens (including phenoxy) is 2. The van der Waals surface area contributed by atoms with Crippen LogP contribution in [0, 0.1) is 0 Å². The third-order valence-electron chi connectivity index (χ3n) is 3.90. The van der Waals surface area contributed by atoms with Gasteiger partial charge in [-0.05, 0) is 17.7 Å². The quantitative estimate of drug-likeness (QED) is 0.873. The largest absolute Gasteiger partial charge is 0.491 e. The van der Waals surface area contributed by atoms with Gasteiger partial charge >= 0.3 is 0 Å². The number of amides is 1. The molecule has 1 fully saturated rings. The van der Waals surface area contributed by atoms with Crippen LogP contribution in [0.3, 0.4) is 0 Å². The van der Waals surface area contributed by atoms with Crippen molar-refractivity contribution in [2.45, 2.75) is 6.42 Å². The van der Waals surface area contributed by atoms with Gasteiger partial charge in [-0.2, -0.15) is 0 Å². The highest BCUT2D eigenvalue weighted by Gasteiger charge is 2.17. The molecule has 6 heteroatoms. The minimum atomic E-state index is -0.583. The van der Waals surface area contributed by atoms with Crippen molar-refractivity contribution in [2.24, 2.45) is 5.73 Å². The standard InChI is InChI=1S/C18H21N3O3/c19-18(22)17-15(24-11-8-14-4-2-1-3-5-14)6-7-16(20-17)21-9-12-23-13-10-21/h1-7H,8-13H2,(H2,19,22). The van der Waals surface area contributed by atoms with Gasteiger partial charge in [0.2, 0.25) is 0 Å². The lowest BCUT2D eigenvalue weighted by Crippen LogP contribution is -2.37. The number of anilines is 1. The number of nitrogens with zero attached hydrogens (tertiary/aromatic N) is 2. The SMILES string of the molecule is NC(=O)c1nc(N2CCOCC2)ccc1OCCc1ccccc1. The van der Waals surface area contributed by atoms with Crippen LogP contribution in [0.2, 0.25) is 0 Å².